The SMILES string of the molecule is CO[C@]12CC[C@@]3(C[C@@H]1C(C)(C)O)[C@H]1Cc4ccc(O)c5c4[C@@]3(CCN1CCCCF)[C@H]2O5. The number of fused-ring (bicyclic) bond motifs is 2. The number of halogens is 1. The van der Waals surface area contributed by atoms with Crippen LogP contribution in [-0.4, -0.2) is 65.3 Å². The Labute approximate surface area is 189 Å². The van der Waals surface area contributed by atoms with Crippen LogP contribution in [0.3, 0.4) is 0 Å². The number of unbranched alkanes of at least 4 members (excludes halogenated alkanes) is 1. The molecular weight excluding hydrogens is 409 g/mol. The fraction of sp³-hybridized carbons (Fsp3) is 0.769. The number of piperidine rings is 1. The molecular formula is C26H36FNO4. The van der Waals surface area contributed by atoms with E-state index in [0.717, 1.165) is 51.6 Å². The zero-order valence-corrected chi connectivity index (χ0v) is 19.5. The van der Waals surface area contributed by atoms with Gasteiger partial charge in [0.1, 0.15) is 11.7 Å². The first-order valence-electron chi connectivity index (χ1n) is 12.3. The maximum atomic E-state index is 12.9. The number of hydrogen-bond acceptors (Lipinski definition) is 5. The molecule has 0 amide bonds. The number of ether oxygens (including phenoxy) is 2. The van der Waals surface area contributed by atoms with E-state index in [1.807, 2.05) is 13.8 Å². The van der Waals surface area contributed by atoms with Crippen LogP contribution in [0.2, 0.25) is 0 Å². The average molecular weight is 446 g/mol. The number of likely N-dealkylation sites (tertiary alicyclic amines) is 1. The predicted octanol–water partition coefficient (Wildman–Crippen LogP) is 3.73. The first-order valence-corrected chi connectivity index (χ1v) is 12.3. The molecule has 0 radical (unpaired) electrons. The molecule has 2 aliphatic heterocycles. The minimum atomic E-state index is -0.904. The van der Waals surface area contributed by atoms with E-state index in [4.69, 9.17) is 9.47 Å². The third-order valence-electron chi connectivity index (χ3n) is 10.2. The summed E-state index contributed by atoms with van der Waals surface area (Å²) in [4.78, 5) is 2.61. The Balaban J connectivity index is 1.57. The molecule has 5 nitrogen and oxygen atoms in total. The van der Waals surface area contributed by atoms with E-state index in [1.54, 1.807) is 13.2 Å². The van der Waals surface area contributed by atoms with Crippen molar-refractivity contribution in [3.63, 3.8) is 0 Å². The molecule has 4 bridgehead atoms. The zero-order valence-electron chi connectivity index (χ0n) is 19.5. The Morgan fingerprint density at radius 1 is 1.25 bits per heavy atom. The Morgan fingerprint density at radius 3 is 2.78 bits per heavy atom. The molecule has 7 rings (SSSR count). The highest BCUT2D eigenvalue weighted by Gasteiger charge is 2.81. The van der Waals surface area contributed by atoms with Crippen molar-refractivity contribution in [3.05, 3.63) is 23.3 Å². The van der Waals surface area contributed by atoms with Crippen LogP contribution in [-0.2, 0) is 16.6 Å². The molecule has 176 valence electrons. The van der Waals surface area contributed by atoms with Gasteiger partial charge in [0.2, 0.25) is 0 Å². The molecule has 2 spiro atoms. The molecule has 1 aromatic carbocycles. The van der Waals surface area contributed by atoms with Crippen LogP contribution in [0.15, 0.2) is 12.1 Å². The first kappa shape index (κ1) is 21.2. The molecule has 0 aromatic heterocycles. The van der Waals surface area contributed by atoms with Crippen LogP contribution in [0.1, 0.15) is 63.5 Å². The fourth-order valence-corrected chi connectivity index (χ4v) is 9.06. The van der Waals surface area contributed by atoms with Gasteiger partial charge in [-0.3, -0.25) is 9.29 Å². The molecule has 1 aromatic rings. The highest BCUT2D eigenvalue weighted by atomic mass is 19.1. The summed E-state index contributed by atoms with van der Waals surface area (Å²) in [7, 11) is 1.77. The third-order valence-corrected chi connectivity index (χ3v) is 10.2. The summed E-state index contributed by atoms with van der Waals surface area (Å²) in [6, 6.07) is 4.20. The van der Waals surface area contributed by atoms with Gasteiger partial charge in [0.05, 0.1) is 12.3 Å². The lowest BCUT2D eigenvalue weighted by molar-refractivity contribution is -0.300. The quantitative estimate of drug-likeness (QED) is 0.654. The Morgan fingerprint density at radius 2 is 2.06 bits per heavy atom. The highest BCUT2D eigenvalue weighted by Crippen LogP contribution is 2.77. The van der Waals surface area contributed by atoms with Gasteiger partial charge in [-0.2, -0.15) is 0 Å². The Bertz CT molecular complexity index is 946. The number of methoxy groups -OCH3 is 1. The van der Waals surface area contributed by atoms with Crippen LogP contribution in [0.5, 0.6) is 11.5 Å². The van der Waals surface area contributed by atoms with E-state index in [1.165, 1.54) is 11.1 Å². The number of rotatable bonds is 6. The number of hydrogen-bond donors (Lipinski definition) is 2. The number of nitrogens with zero attached hydrogens (tertiary/aromatic N) is 1. The van der Waals surface area contributed by atoms with Gasteiger partial charge < -0.3 is 19.7 Å². The molecule has 0 unspecified atom stereocenters. The largest absolute Gasteiger partial charge is 0.504 e. The van der Waals surface area contributed by atoms with Gasteiger partial charge in [0, 0.05) is 35.5 Å². The number of phenolic OH excluding ortho intramolecular Hbond substituents is 1. The Hall–Kier alpha value is -1.37. The standard InChI is InChI=1S/C26H36FNO4/c1-23(2,30)18-15-24-8-9-26(18,31-3)22-25(24)10-13-28(12-5-4-11-27)19(24)14-16-6-7-17(29)21(32-22)20(16)25/h6-7,18-19,22,29-30H,4-5,8-15H2,1-3H3/t18-,19-,22-,24-,25+,26-/m1/s1. The third kappa shape index (κ3) is 2.25. The fourth-order valence-electron chi connectivity index (χ4n) is 9.06. The van der Waals surface area contributed by atoms with Gasteiger partial charge in [-0.25, -0.2) is 0 Å². The van der Waals surface area contributed by atoms with E-state index in [0.29, 0.717) is 18.2 Å². The topological polar surface area (TPSA) is 62.2 Å². The minimum Gasteiger partial charge on any atom is -0.504 e. The molecule has 2 heterocycles. The van der Waals surface area contributed by atoms with E-state index < -0.39 is 11.2 Å². The summed E-state index contributed by atoms with van der Waals surface area (Å²) in [5.74, 6) is 0.816. The number of benzene rings is 1. The summed E-state index contributed by atoms with van der Waals surface area (Å²) >= 11 is 0. The molecule has 1 saturated heterocycles. The maximum absolute atomic E-state index is 12.9. The summed E-state index contributed by atoms with van der Waals surface area (Å²) in [6.45, 7) is 5.43. The van der Waals surface area contributed by atoms with Crippen molar-refractivity contribution < 1.29 is 24.1 Å². The lowest BCUT2D eigenvalue weighted by atomic mass is 9.34. The summed E-state index contributed by atoms with van der Waals surface area (Å²) in [5.41, 5.74) is 0.774. The van der Waals surface area contributed by atoms with Crippen LogP contribution in [0, 0.1) is 11.3 Å². The summed E-state index contributed by atoms with van der Waals surface area (Å²) in [6.07, 6.45) is 5.93. The van der Waals surface area contributed by atoms with Crippen LogP contribution in [0.25, 0.3) is 0 Å². The van der Waals surface area contributed by atoms with Gasteiger partial charge >= 0.3 is 0 Å². The number of phenols is 1. The van der Waals surface area contributed by atoms with Crippen molar-refractivity contribution in [3.8, 4) is 11.5 Å². The van der Waals surface area contributed by atoms with Crippen molar-refractivity contribution >= 4 is 0 Å². The van der Waals surface area contributed by atoms with Gasteiger partial charge in [0.25, 0.3) is 0 Å². The van der Waals surface area contributed by atoms with E-state index in [-0.39, 0.29) is 35.3 Å². The van der Waals surface area contributed by atoms with Gasteiger partial charge in [0.15, 0.2) is 11.5 Å². The van der Waals surface area contributed by atoms with E-state index in [9.17, 15) is 14.6 Å². The second-order valence-corrected chi connectivity index (χ2v) is 11.5. The average Bonchev–Trinajstić information content (AvgIpc) is 3.13. The molecule has 3 saturated carbocycles. The molecule has 32 heavy (non-hydrogen) atoms. The molecule has 6 aliphatic rings. The van der Waals surface area contributed by atoms with Crippen molar-refractivity contribution in [2.45, 2.75) is 87.6 Å². The second kappa shape index (κ2) is 6.61. The molecule has 6 heteroatoms. The summed E-state index contributed by atoms with van der Waals surface area (Å²) in [5, 5.41) is 22.2. The monoisotopic (exact) mass is 445 g/mol. The van der Waals surface area contributed by atoms with Crippen molar-refractivity contribution in [1.82, 2.24) is 4.90 Å². The Kier molecular flexibility index (Phi) is 4.37. The number of aliphatic hydroxyl groups is 1. The molecule has 2 N–H and O–H groups in total. The normalized spacial score (nSPS) is 41.5. The molecule has 6 atom stereocenters. The van der Waals surface area contributed by atoms with E-state index in [2.05, 4.69) is 11.0 Å². The van der Waals surface area contributed by atoms with Gasteiger partial charge in [-0.15, -0.1) is 0 Å². The summed E-state index contributed by atoms with van der Waals surface area (Å²) < 4.78 is 26.0. The minimum absolute atomic E-state index is 0.0391. The van der Waals surface area contributed by atoms with Crippen molar-refractivity contribution in [1.29, 1.82) is 0 Å². The molecule has 4 aliphatic carbocycles. The van der Waals surface area contributed by atoms with Crippen molar-refractivity contribution in [2.24, 2.45) is 11.3 Å². The molecule has 4 fully saturated rings. The lowest BCUT2D eigenvalue weighted by Crippen LogP contribution is -2.82. The van der Waals surface area contributed by atoms with Crippen LogP contribution >= 0.6 is 0 Å². The smallest absolute Gasteiger partial charge is 0.165 e. The van der Waals surface area contributed by atoms with E-state index >= 15 is 0 Å². The van der Waals surface area contributed by atoms with Gasteiger partial charge in [-0.05, 0) is 83.5 Å². The van der Waals surface area contributed by atoms with Crippen molar-refractivity contribution in [2.75, 3.05) is 26.9 Å². The predicted molar refractivity (Wildman–Crippen MR) is 119 cm³/mol. The maximum Gasteiger partial charge on any atom is 0.165 e. The number of aromatic hydroxyl groups is 1. The van der Waals surface area contributed by atoms with Crippen LogP contribution in [0.4, 0.5) is 4.39 Å². The zero-order chi connectivity index (χ0) is 22.5. The lowest BCUT2D eigenvalue weighted by Gasteiger charge is -2.74. The number of alkyl halides is 1. The highest BCUT2D eigenvalue weighted by molar-refractivity contribution is 5.63. The second-order valence-electron chi connectivity index (χ2n) is 11.5. The van der Waals surface area contributed by atoms with Gasteiger partial charge in [-0.1, -0.05) is 6.07 Å². The van der Waals surface area contributed by atoms with Crippen LogP contribution < -0.4 is 4.74 Å². The first-order chi connectivity index (χ1) is 15.2.